The van der Waals surface area contributed by atoms with Crippen molar-refractivity contribution in [1.82, 2.24) is 15.5 Å². The second kappa shape index (κ2) is 9.43. The van der Waals surface area contributed by atoms with Crippen molar-refractivity contribution in [3.8, 4) is 0 Å². The van der Waals surface area contributed by atoms with Crippen molar-refractivity contribution in [3.63, 3.8) is 0 Å². The van der Waals surface area contributed by atoms with Gasteiger partial charge >= 0.3 is 0 Å². The molecule has 0 fully saturated rings. The van der Waals surface area contributed by atoms with E-state index in [0.717, 1.165) is 10.6 Å². The summed E-state index contributed by atoms with van der Waals surface area (Å²) in [7, 11) is 0. The van der Waals surface area contributed by atoms with Gasteiger partial charge in [-0.25, -0.2) is 0 Å². The highest BCUT2D eigenvalue weighted by Gasteiger charge is 2.20. The van der Waals surface area contributed by atoms with Gasteiger partial charge in [0.1, 0.15) is 5.01 Å². The van der Waals surface area contributed by atoms with Gasteiger partial charge in [0.05, 0.1) is 12.5 Å². The van der Waals surface area contributed by atoms with Gasteiger partial charge in [0.15, 0.2) is 0 Å². The minimum absolute atomic E-state index is 0.0386. The van der Waals surface area contributed by atoms with E-state index in [-0.39, 0.29) is 18.2 Å². The Morgan fingerprint density at radius 3 is 2.50 bits per heavy atom. The van der Waals surface area contributed by atoms with Crippen LogP contribution < -0.4 is 10.6 Å². The molecule has 6 nitrogen and oxygen atoms in total. The Kier molecular flexibility index (Phi) is 6.73. The second-order valence-electron chi connectivity index (χ2n) is 6.19. The average molecular weight is 415 g/mol. The van der Waals surface area contributed by atoms with Gasteiger partial charge in [-0.2, -0.15) is 0 Å². The van der Waals surface area contributed by atoms with Crippen LogP contribution in [-0.2, 0) is 16.0 Å². The fourth-order valence-corrected chi connectivity index (χ4v) is 3.80. The second-order valence-corrected chi connectivity index (χ2v) is 7.66. The summed E-state index contributed by atoms with van der Waals surface area (Å²) in [5.74, 6) is -0.514. The van der Waals surface area contributed by atoms with Gasteiger partial charge in [0.25, 0.3) is 0 Å². The molecule has 2 amide bonds. The number of aromatic nitrogens is 2. The zero-order valence-corrected chi connectivity index (χ0v) is 16.8. The third kappa shape index (κ3) is 5.61. The molecule has 0 radical (unpaired) electrons. The molecule has 1 atom stereocenters. The number of hydrogen-bond donors (Lipinski definition) is 2. The third-order valence-electron chi connectivity index (χ3n) is 3.96. The average Bonchev–Trinajstić information content (AvgIpc) is 3.08. The topological polar surface area (TPSA) is 84.0 Å². The zero-order chi connectivity index (χ0) is 19.9. The van der Waals surface area contributed by atoms with Gasteiger partial charge in [0, 0.05) is 18.4 Å². The summed E-state index contributed by atoms with van der Waals surface area (Å²) in [4.78, 5) is 24.0. The molecule has 1 heterocycles. The van der Waals surface area contributed by atoms with Crippen molar-refractivity contribution in [2.45, 2.75) is 25.8 Å². The van der Waals surface area contributed by atoms with Crippen LogP contribution in [0, 0.1) is 0 Å². The molecule has 0 aliphatic heterocycles. The normalized spacial score (nSPS) is 11.6. The summed E-state index contributed by atoms with van der Waals surface area (Å²) in [5.41, 5.74) is 1.82. The largest absolute Gasteiger partial charge is 0.349 e. The SMILES string of the molecule is CC(=O)N[C@@H](CC(=O)Nc1nnc(Cc2ccccc2)s1)c1ccccc1Cl. The van der Waals surface area contributed by atoms with E-state index in [4.69, 9.17) is 11.6 Å². The quantitative estimate of drug-likeness (QED) is 0.612. The van der Waals surface area contributed by atoms with Gasteiger partial charge in [0.2, 0.25) is 16.9 Å². The molecule has 1 aromatic heterocycles. The Balaban J connectivity index is 1.65. The molecule has 0 saturated heterocycles. The molecular weight excluding hydrogens is 396 g/mol. The van der Waals surface area contributed by atoms with E-state index in [1.165, 1.54) is 18.3 Å². The number of carbonyl (C=O) groups excluding carboxylic acids is 2. The predicted octanol–water partition coefficient (Wildman–Crippen LogP) is 3.99. The van der Waals surface area contributed by atoms with Crippen molar-refractivity contribution in [2.75, 3.05) is 5.32 Å². The summed E-state index contributed by atoms with van der Waals surface area (Å²) in [5, 5.41) is 15.4. The van der Waals surface area contributed by atoms with E-state index in [2.05, 4.69) is 20.8 Å². The van der Waals surface area contributed by atoms with E-state index in [9.17, 15) is 9.59 Å². The van der Waals surface area contributed by atoms with Crippen LogP contribution in [0.25, 0.3) is 0 Å². The van der Waals surface area contributed by atoms with Crippen molar-refractivity contribution in [1.29, 1.82) is 0 Å². The highest BCUT2D eigenvalue weighted by Crippen LogP contribution is 2.26. The fraction of sp³-hybridized carbons (Fsp3) is 0.200. The minimum atomic E-state index is -0.525. The van der Waals surface area contributed by atoms with E-state index in [1.807, 2.05) is 36.4 Å². The van der Waals surface area contributed by atoms with Crippen LogP contribution >= 0.6 is 22.9 Å². The lowest BCUT2D eigenvalue weighted by Gasteiger charge is -2.18. The van der Waals surface area contributed by atoms with Crippen LogP contribution in [-0.4, -0.2) is 22.0 Å². The molecule has 3 rings (SSSR count). The van der Waals surface area contributed by atoms with Crippen LogP contribution in [0.3, 0.4) is 0 Å². The first-order chi connectivity index (χ1) is 13.5. The Labute approximate surface area is 172 Å². The Morgan fingerprint density at radius 1 is 1.07 bits per heavy atom. The number of anilines is 1. The number of halogens is 1. The maximum absolute atomic E-state index is 12.5. The lowest BCUT2D eigenvalue weighted by atomic mass is 10.0. The molecule has 0 saturated carbocycles. The van der Waals surface area contributed by atoms with Crippen molar-refractivity contribution >= 4 is 39.9 Å². The number of nitrogens with one attached hydrogen (secondary N) is 2. The molecule has 2 aromatic carbocycles. The molecule has 8 heteroatoms. The highest BCUT2D eigenvalue weighted by atomic mass is 35.5. The predicted molar refractivity (Wildman–Crippen MR) is 110 cm³/mol. The van der Waals surface area contributed by atoms with E-state index < -0.39 is 6.04 Å². The summed E-state index contributed by atoms with van der Waals surface area (Å²) in [6.07, 6.45) is 0.694. The van der Waals surface area contributed by atoms with Crippen LogP contribution in [0.2, 0.25) is 5.02 Å². The van der Waals surface area contributed by atoms with Crippen LogP contribution in [0.4, 0.5) is 5.13 Å². The van der Waals surface area contributed by atoms with Crippen LogP contribution in [0.15, 0.2) is 54.6 Å². The van der Waals surface area contributed by atoms with E-state index >= 15 is 0 Å². The molecule has 0 aliphatic carbocycles. The number of carbonyl (C=O) groups is 2. The minimum Gasteiger partial charge on any atom is -0.349 e. The number of hydrogen-bond acceptors (Lipinski definition) is 5. The lowest BCUT2D eigenvalue weighted by Crippen LogP contribution is -2.30. The maximum atomic E-state index is 12.5. The smallest absolute Gasteiger partial charge is 0.228 e. The fourth-order valence-electron chi connectivity index (χ4n) is 2.74. The molecule has 0 unspecified atom stereocenters. The van der Waals surface area contributed by atoms with Gasteiger partial charge in [-0.3, -0.25) is 9.59 Å². The van der Waals surface area contributed by atoms with Gasteiger partial charge in [-0.15, -0.1) is 10.2 Å². The van der Waals surface area contributed by atoms with E-state index in [0.29, 0.717) is 22.1 Å². The monoisotopic (exact) mass is 414 g/mol. The first-order valence-corrected chi connectivity index (χ1v) is 9.88. The molecule has 144 valence electrons. The first kappa shape index (κ1) is 20.0. The van der Waals surface area contributed by atoms with Gasteiger partial charge in [-0.05, 0) is 17.2 Å². The first-order valence-electron chi connectivity index (χ1n) is 8.69. The van der Waals surface area contributed by atoms with Gasteiger partial charge in [-0.1, -0.05) is 71.5 Å². The summed E-state index contributed by atoms with van der Waals surface area (Å²) in [6, 6.07) is 16.5. The molecule has 3 aromatic rings. The third-order valence-corrected chi connectivity index (χ3v) is 5.14. The standard InChI is InChI=1S/C20H19ClN4O2S/c1-13(26)22-17(15-9-5-6-10-16(15)21)12-18(27)23-20-25-24-19(28-20)11-14-7-3-2-4-8-14/h2-10,17H,11-12H2,1H3,(H,22,26)(H,23,25,27)/t17-/m0/s1. The number of amides is 2. The Morgan fingerprint density at radius 2 is 1.79 bits per heavy atom. The zero-order valence-electron chi connectivity index (χ0n) is 15.2. The molecule has 0 bridgehead atoms. The van der Waals surface area contributed by atoms with Gasteiger partial charge < -0.3 is 10.6 Å². The van der Waals surface area contributed by atoms with Crippen molar-refractivity contribution in [2.24, 2.45) is 0 Å². The molecule has 2 N–H and O–H groups in total. The molecule has 28 heavy (non-hydrogen) atoms. The Bertz CT molecular complexity index is 962. The highest BCUT2D eigenvalue weighted by molar-refractivity contribution is 7.15. The molecular formula is C20H19ClN4O2S. The van der Waals surface area contributed by atoms with Crippen LogP contribution in [0.5, 0.6) is 0 Å². The maximum Gasteiger partial charge on any atom is 0.228 e. The summed E-state index contributed by atoms with van der Waals surface area (Å²) < 4.78 is 0. The number of rotatable bonds is 7. The summed E-state index contributed by atoms with van der Waals surface area (Å²) >= 11 is 7.55. The lowest BCUT2D eigenvalue weighted by molar-refractivity contribution is -0.120. The number of benzene rings is 2. The molecule has 0 aliphatic rings. The molecule has 0 spiro atoms. The van der Waals surface area contributed by atoms with Crippen molar-refractivity contribution < 1.29 is 9.59 Å². The number of nitrogens with zero attached hydrogens (tertiary/aromatic N) is 2. The van der Waals surface area contributed by atoms with E-state index in [1.54, 1.807) is 18.2 Å². The van der Waals surface area contributed by atoms with Crippen LogP contribution in [0.1, 0.15) is 35.5 Å². The van der Waals surface area contributed by atoms with Crippen molar-refractivity contribution in [3.05, 3.63) is 75.8 Å². The summed E-state index contributed by atoms with van der Waals surface area (Å²) in [6.45, 7) is 1.41. The Hall–Kier alpha value is -2.77.